The van der Waals surface area contributed by atoms with Crippen LogP contribution in [0.15, 0.2) is 30.3 Å². The summed E-state index contributed by atoms with van der Waals surface area (Å²) in [6.07, 6.45) is 17.9. The highest BCUT2D eigenvalue weighted by atomic mass is 31.1. The Morgan fingerprint density at radius 3 is 1.43 bits per heavy atom. The number of hydrogen-bond donors (Lipinski definition) is 0. The van der Waals surface area contributed by atoms with Gasteiger partial charge in [0, 0.05) is 0 Å². The average Bonchev–Trinajstić information content (AvgIpc) is 2.94. The van der Waals surface area contributed by atoms with Crippen molar-refractivity contribution in [2.24, 2.45) is 0 Å². The second-order valence-corrected chi connectivity index (χ2v) is 9.83. The fourth-order valence-corrected chi connectivity index (χ4v) is 8.19. The molecule has 0 amide bonds. The predicted octanol–water partition coefficient (Wildman–Crippen LogP) is 6.24. The lowest BCUT2D eigenvalue weighted by Gasteiger charge is -2.34. The zero-order valence-corrected chi connectivity index (χ0v) is 14.4. The van der Waals surface area contributed by atoms with Crippen LogP contribution in [0.5, 0.6) is 0 Å². The molecule has 0 unspecified atom stereocenters. The Bertz CT molecular complexity index is 364. The van der Waals surface area contributed by atoms with Crippen molar-refractivity contribution in [1.82, 2.24) is 0 Å². The van der Waals surface area contributed by atoms with Crippen LogP contribution < -0.4 is 5.30 Å². The molecule has 1 aromatic carbocycles. The maximum Gasteiger partial charge on any atom is -0.0166 e. The molecule has 0 N–H and O–H groups in total. The molecule has 1 heteroatoms. The molecule has 0 nitrogen and oxygen atoms in total. The Balaban J connectivity index is 1.82. The molecule has 1 aromatic rings. The van der Waals surface area contributed by atoms with Crippen LogP contribution >= 0.6 is 7.92 Å². The van der Waals surface area contributed by atoms with E-state index in [9.17, 15) is 0 Å². The van der Waals surface area contributed by atoms with Crippen LogP contribution in [-0.4, -0.2) is 11.3 Å². The molecule has 116 valence electrons. The zero-order valence-electron chi connectivity index (χ0n) is 13.5. The van der Waals surface area contributed by atoms with Gasteiger partial charge in [-0.15, -0.1) is 0 Å². The summed E-state index contributed by atoms with van der Waals surface area (Å²) in [5.74, 6) is 0. The molecule has 0 atom stereocenters. The van der Waals surface area contributed by atoms with E-state index in [1.807, 2.05) is 0 Å². The summed E-state index contributed by atoms with van der Waals surface area (Å²) >= 11 is 0. The number of rotatable bonds is 3. The van der Waals surface area contributed by atoms with E-state index in [-0.39, 0.29) is 7.92 Å². The van der Waals surface area contributed by atoms with E-state index in [0.29, 0.717) is 0 Å². The molecular formula is C20H31P. The van der Waals surface area contributed by atoms with Gasteiger partial charge in [-0.1, -0.05) is 89.6 Å². The fraction of sp³-hybridized carbons (Fsp3) is 0.700. The summed E-state index contributed by atoms with van der Waals surface area (Å²) < 4.78 is 0. The summed E-state index contributed by atoms with van der Waals surface area (Å²) in [5, 5.41) is 1.71. The van der Waals surface area contributed by atoms with E-state index in [0.717, 1.165) is 11.3 Å². The van der Waals surface area contributed by atoms with Gasteiger partial charge in [-0.2, -0.15) is 0 Å². The lowest BCUT2D eigenvalue weighted by Crippen LogP contribution is -2.22. The van der Waals surface area contributed by atoms with Gasteiger partial charge < -0.3 is 0 Å². The van der Waals surface area contributed by atoms with Gasteiger partial charge in [0.05, 0.1) is 0 Å². The normalized spacial score (nSPS) is 22.9. The third-order valence-corrected chi connectivity index (χ3v) is 8.99. The standard InChI is InChI=1S/C20H31P/c1-2-7-13-18(12-6-1)21(20-16-10-5-11-17-20)19-14-8-3-4-9-15-19/h5,10-11,16-19H,1-4,6-9,12-15H2. The Morgan fingerprint density at radius 2 is 1.00 bits per heavy atom. The van der Waals surface area contributed by atoms with Gasteiger partial charge in [-0.3, -0.25) is 0 Å². The van der Waals surface area contributed by atoms with Crippen molar-refractivity contribution >= 4 is 13.2 Å². The molecule has 2 fully saturated rings. The maximum atomic E-state index is 2.45. The lowest BCUT2D eigenvalue weighted by atomic mass is 10.2. The largest absolute Gasteiger partial charge is 0.0690 e. The first-order valence-corrected chi connectivity index (χ1v) is 10.8. The Labute approximate surface area is 132 Å². The van der Waals surface area contributed by atoms with E-state index in [1.54, 1.807) is 5.30 Å². The van der Waals surface area contributed by atoms with Crippen LogP contribution in [-0.2, 0) is 0 Å². The van der Waals surface area contributed by atoms with Crippen molar-refractivity contribution in [3.05, 3.63) is 30.3 Å². The first-order valence-electron chi connectivity index (χ1n) is 9.28. The quantitative estimate of drug-likeness (QED) is 0.458. The first kappa shape index (κ1) is 15.5. The Morgan fingerprint density at radius 1 is 0.571 bits per heavy atom. The monoisotopic (exact) mass is 302 g/mol. The van der Waals surface area contributed by atoms with Crippen LogP contribution in [0, 0.1) is 0 Å². The second-order valence-electron chi connectivity index (χ2n) is 7.03. The molecule has 0 aromatic heterocycles. The molecule has 0 saturated heterocycles. The molecule has 3 rings (SSSR count). The highest BCUT2D eigenvalue weighted by molar-refractivity contribution is 7.67. The molecule has 2 saturated carbocycles. The predicted molar refractivity (Wildman–Crippen MR) is 96.0 cm³/mol. The SMILES string of the molecule is c1ccc(P(C2CCCCCC2)C2CCCCCC2)cc1. The van der Waals surface area contributed by atoms with Gasteiger partial charge in [-0.25, -0.2) is 0 Å². The van der Waals surface area contributed by atoms with Crippen LogP contribution in [0.3, 0.4) is 0 Å². The minimum atomic E-state index is 0.0738. The molecule has 0 spiro atoms. The van der Waals surface area contributed by atoms with Crippen LogP contribution in [0.1, 0.15) is 77.0 Å². The average molecular weight is 302 g/mol. The van der Waals surface area contributed by atoms with Crippen molar-refractivity contribution < 1.29 is 0 Å². The highest BCUT2D eigenvalue weighted by Gasteiger charge is 2.30. The highest BCUT2D eigenvalue weighted by Crippen LogP contribution is 2.53. The molecule has 2 aliphatic rings. The van der Waals surface area contributed by atoms with Gasteiger partial charge >= 0.3 is 0 Å². The van der Waals surface area contributed by atoms with Crippen molar-refractivity contribution in [2.45, 2.75) is 88.4 Å². The topological polar surface area (TPSA) is 0 Å². The molecule has 0 heterocycles. The zero-order chi connectivity index (χ0) is 14.3. The number of hydrogen-bond acceptors (Lipinski definition) is 0. The third kappa shape index (κ3) is 4.32. The number of benzene rings is 1. The third-order valence-electron chi connectivity index (χ3n) is 5.49. The maximum absolute atomic E-state index is 2.45. The summed E-state index contributed by atoms with van der Waals surface area (Å²) in [5.41, 5.74) is 2.04. The summed E-state index contributed by atoms with van der Waals surface area (Å²) in [6.45, 7) is 0. The summed E-state index contributed by atoms with van der Waals surface area (Å²) in [4.78, 5) is 0. The smallest absolute Gasteiger partial charge is 0.0166 e. The van der Waals surface area contributed by atoms with E-state index in [1.165, 1.54) is 77.0 Å². The summed E-state index contributed by atoms with van der Waals surface area (Å²) in [6, 6.07) is 11.6. The molecular weight excluding hydrogens is 271 g/mol. The Hall–Kier alpha value is -0.350. The van der Waals surface area contributed by atoms with E-state index < -0.39 is 0 Å². The summed E-state index contributed by atoms with van der Waals surface area (Å²) in [7, 11) is 0.0738. The molecule has 0 bridgehead atoms. The minimum Gasteiger partial charge on any atom is -0.0690 e. The lowest BCUT2D eigenvalue weighted by molar-refractivity contribution is 0.669. The van der Waals surface area contributed by atoms with E-state index in [2.05, 4.69) is 30.3 Å². The Kier molecular flexibility index (Phi) is 6.16. The van der Waals surface area contributed by atoms with Crippen molar-refractivity contribution in [2.75, 3.05) is 0 Å². The molecule has 21 heavy (non-hydrogen) atoms. The second kappa shape index (κ2) is 8.33. The van der Waals surface area contributed by atoms with Crippen molar-refractivity contribution in [3.8, 4) is 0 Å². The van der Waals surface area contributed by atoms with Gasteiger partial charge in [0.25, 0.3) is 0 Å². The van der Waals surface area contributed by atoms with Crippen LogP contribution in [0.2, 0.25) is 0 Å². The van der Waals surface area contributed by atoms with Gasteiger partial charge in [-0.05, 0) is 42.3 Å². The van der Waals surface area contributed by atoms with Crippen LogP contribution in [0.25, 0.3) is 0 Å². The van der Waals surface area contributed by atoms with E-state index >= 15 is 0 Å². The van der Waals surface area contributed by atoms with Gasteiger partial charge in [0.1, 0.15) is 0 Å². The molecule has 2 aliphatic carbocycles. The molecule has 0 radical (unpaired) electrons. The van der Waals surface area contributed by atoms with Crippen molar-refractivity contribution in [3.63, 3.8) is 0 Å². The van der Waals surface area contributed by atoms with Crippen LogP contribution in [0.4, 0.5) is 0 Å². The van der Waals surface area contributed by atoms with Crippen molar-refractivity contribution in [1.29, 1.82) is 0 Å². The van der Waals surface area contributed by atoms with Gasteiger partial charge in [0.2, 0.25) is 0 Å². The van der Waals surface area contributed by atoms with Gasteiger partial charge in [0.15, 0.2) is 0 Å². The fourth-order valence-electron chi connectivity index (χ4n) is 4.39. The molecule has 0 aliphatic heterocycles. The van der Waals surface area contributed by atoms with E-state index in [4.69, 9.17) is 0 Å². The minimum absolute atomic E-state index is 0.0738. The first-order chi connectivity index (χ1) is 10.4.